The summed E-state index contributed by atoms with van der Waals surface area (Å²) in [7, 11) is 1.62. The Morgan fingerprint density at radius 1 is 1.47 bits per heavy atom. The summed E-state index contributed by atoms with van der Waals surface area (Å²) in [5.41, 5.74) is 0. The molecular weight excluding hydrogens is 218 g/mol. The highest BCUT2D eigenvalue weighted by Gasteiger charge is 2.20. The normalized spacial score (nSPS) is 17.4. The van der Waals surface area contributed by atoms with Gasteiger partial charge < -0.3 is 14.6 Å². The van der Waals surface area contributed by atoms with Gasteiger partial charge in [-0.05, 0) is 25.9 Å². The zero-order valence-electron chi connectivity index (χ0n) is 8.73. The molecule has 6 heteroatoms. The Kier molecular flexibility index (Phi) is 5.01. The van der Waals surface area contributed by atoms with Crippen molar-refractivity contribution < 1.29 is 9.26 Å². The summed E-state index contributed by atoms with van der Waals surface area (Å²) in [5.74, 6) is 1.85. The van der Waals surface area contributed by atoms with E-state index in [-0.39, 0.29) is 12.4 Å². The third-order valence-electron chi connectivity index (χ3n) is 2.46. The van der Waals surface area contributed by atoms with Gasteiger partial charge in [0.15, 0.2) is 5.82 Å². The molecular formula is C9H16ClN3O2. The number of halogens is 1. The fraction of sp³-hybridized carbons (Fsp3) is 0.778. The van der Waals surface area contributed by atoms with Crippen molar-refractivity contribution in [2.75, 3.05) is 20.2 Å². The molecule has 15 heavy (non-hydrogen) atoms. The molecule has 0 bridgehead atoms. The summed E-state index contributed by atoms with van der Waals surface area (Å²) >= 11 is 0. The van der Waals surface area contributed by atoms with Gasteiger partial charge >= 0.3 is 0 Å². The lowest BCUT2D eigenvalue weighted by molar-refractivity contribution is 0.151. The monoisotopic (exact) mass is 233 g/mol. The van der Waals surface area contributed by atoms with E-state index in [2.05, 4.69) is 15.5 Å². The van der Waals surface area contributed by atoms with Gasteiger partial charge in [0.25, 0.3) is 5.89 Å². The van der Waals surface area contributed by atoms with Crippen LogP contribution in [-0.2, 0) is 11.3 Å². The Bertz CT molecular complexity index is 287. The van der Waals surface area contributed by atoms with Crippen LogP contribution in [0.25, 0.3) is 0 Å². The largest absolute Gasteiger partial charge is 0.375 e. The second-order valence-corrected chi connectivity index (χ2v) is 3.50. The summed E-state index contributed by atoms with van der Waals surface area (Å²) < 4.78 is 9.97. The maximum absolute atomic E-state index is 5.05. The van der Waals surface area contributed by atoms with Crippen molar-refractivity contribution in [2.45, 2.75) is 25.4 Å². The molecule has 2 rings (SSSR count). The number of nitrogens with zero attached hydrogens (tertiary/aromatic N) is 2. The first kappa shape index (κ1) is 12.4. The summed E-state index contributed by atoms with van der Waals surface area (Å²) in [5, 5.41) is 7.27. The van der Waals surface area contributed by atoms with Crippen molar-refractivity contribution in [3.63, 3.8) is 0 Å². The number of hydrogen-bond acceptors (Lipinski definition) is 5. The van der Waals surface area contributed by atoms with Crippen LogP contribution in [0, 0.1) is 0 Å². The van der Waals surface area contributed by atoms with E-state index in [0.717, 1.165) is 31.8 Å². The molecule has 0 aliphatic carbocycles. The van der Waals surface area contributed by atoms with E-state index in [1.165, 1.54) is 0 Å². The van der Waals surface area contributed by atoms with Crippen molar-refractivity contribution >= 4 is 12.4 Å². The fourth-order valence-corrected chi connectivity index (χ4v) is 1.70. The quantitative estimate of drug-likeness (QED) is 0.848. The van der Waals surface area contributed by atoms with Crippen molar-refractivity contribution in [3.8, 4) is 0 Å². The number of hydrogen-bond donors (Lipinski definition) is 1. The van der Waals surface area contributed by atoms with Crippen molar-refractivity contribution in [1.82, 2.24) is 15.5 Å². The summed E-state index contributed by atoms with van der Waals surface area (Å²) in [6.45, 7) is 2.48. The molecule has 0 unspecified atom stereocenters. The van der Waals surface area contributed by atoms with E-state index in [0.29, 0.717) is 18.4 Å². The lowest BCUT2D eigenvalue weighted by Gasteiger charge is -2.18. The lowest BCUT2D eigenvalue weighted by Crippen LogP contribution is -2.27. The van der Waals surface area contributed by atoms with Crippen LogP contribution in [0.2, 0.25) is 0 Å². The van der Waals surface area contributed by atoms with Crippen molar-refractivity contribution in [1.29, 1.82) is 0 Å². The van der Waals surface area contributed by atoms with E-state index >= 15 is 0 Å². The Labute approximate surface area is 95.0 Å². The fourth-order valence-electron chi connectivity index (χ4n) is 1.70. The average molecular weight is 234 g/mol. The van der Waals surface area contributed by atoms with Crippen LogP contribution in [0.15, 0.2) is 4.52 Å². The Morgan fingerprint density at radius 3 is 2.87 bits per heavy atom. The Morgan fingerprint density at radius 2 is 2.20 bits per heavy atom. The van der Waals surface area contributed by atoms with Gasteiger partial charge in [-0.15, -0.1) is 12.4 Å². The van der Waals surface area contributed by atoms with E-state index in [1.807, 2.05) is 0 Å². The predicted octanol–water partition coefficient (Wildman–Crippen LogP) is 1.10. The van der Waals surface area contributed by atoms with E-state index in [1.54, 1.807) is 7.11 Å². The van der Waals surface area contributed by atoms with Crippen LogP contribution >= 0.6 is 12.4 Å². The first-order chi connectivity index (χ1) is 6.90. The van der Waals surface area contributed by atoms with Gasteiger partial charge in [0.05, 0.1) is 0 Å². The SMILES string of the molecule is COCc1nc(C2CCNCC2)no1.Cl. The molecule has 0 spiro atoms. The number of piperidine rings is 1. The Hall–Kier alpha value is -0.650. The molecule has 1 aromatic rings. The topological polar surface area (TPSA) is 60.2 Å². The minimum absolute atomic E-state index is 0. The van der Waals surface area contributed by atoms with Gasteiger partial charge in [0, 0.05) is 13.0 Å². The second kappa shape index (κ2) is 6.05. The minimum atomic E-state index is 0. The van der Waals surface area contributed by atoms with Gasteiger partial charge in [-0.1, -0.05) is 5.16 Å². The maximum Gasteiger partial charge on any atom is 0.252 e. The number of methoxy groups -OCH3 is 1. The molecule has 0 radical (unpaired) electrons. The molecule has 5 nitrogen and oxygen atoms in total. The van der Waals surface area contributed by atoms with E-state index in [4.69, 9.17) is 9.26 Å². The molecule has 0 saturated carbocycles. The molecule has 1 aliphatic heterocycles. The predicted molar refractivity (Wildman–Crippen MR) is 57.1 cm³/mol. The molecule has 2 heterocycles. The first-order valence-corrected chi connectivity index (χ1v) is 4.92. The highest BCUT2D eigenvalue weighted by molar-refractivity contribution is 5.85. The van der Waals surface area contributed by atoms with Gasteiger partial charge in [-0.2, -0.15) is 4.98 Å². The molecule has 0 aromatic carbocycles. The van der Waals surface area contributed by atoms with Crippen LogP contribution in [0.1, 0.15) is 30.5 Å². The number of aromatic nitrogens is 2. The lowest BCUT2D eigenvalue weighted by atomic mass is 9.98. The molecule has 1 saturated heterocycles. The average Bonchev–Trinajstić information content (AvgIpc) is 2.68. The third kappa shape index (κ3) is 3.15. The standard InChI is InChI=1S/C9H15N3O2.ClH/c1-13-6-8-11-9(12-14-8)7-2-4-10-5-3-7;/h7,10H,2-6H2,1H3;1H. The molecule has 1 fully saturated rings. The van der Waals surface area contributed by atoms with Crippen molar-refractivity contribution in [2.24, 2.45) is 0 Å². The highest BCUT2D eigenvalue weighted by atomic mass is 35.5. The first-order valence-electron chi connectivity index (χ1n) is 4.92. The van der Waals surface area contributed by atoms with Crippen LogP contribution in [0.3, 0.4) is 0 Å². The number of ether oxygens (including phenoxy) is 1. The number of nitrogens with one attached hydrogen (secondary N) is 1. The number of rotatable bonds is 3. The Balaban J connectivity index is 0.00000112. The third-order valence-corrected chi connectivity index (χ3v) is 2.46. The molecule has 1 N–H and O–H groups in total. The van der Waals surface area contributed by atoms with E-state index in [9.17, 15) is 0 Å². The molecule has 0 atom stereocenters. The van der Waals surface area contributed by atoms with Gasteiger partial charge in [0.1, 0.15) is 6.61 Å². The van der Waals surface area contributed by atoms with Crippen LogP contribution in [0.5, 0.6) is 0 Å². The molecule has 1 aromatic heterocycles. The van der Waals surface area contributed by atoms with Crippen molar-refractivity contribution in [3.05, 3.63) is 11.7 Å². The summed E-state index contributed by atoms with van der Waals surface area (Å²) in [6.07, 6.45) is 2.18. The summed E-state index contributed by atoms with van der Waals surface area (Å²) in [4.78, 5) is 4.29. The van der Waals surface area contributed by atoms with Gasteiger partial charge in [0.2, 0.25) is 0 Å². The van der Waals surface area contributed by atoms with Crippen LogP contribution < -0.4 is 5.32 Å². The zero-order valence-corrected chi connectivity index (χ0v) is 9.55. The molecule has 0 amide bonds. The molecule has 86 valence electrons. The zero-order chi connectivity index (χ0) is 9.80. The van der Waals surface area contributed by atoms with Crippen LogP contribution in [0.4, 0.5) is 0 Å². The highest BCUT2D eigenvalue weighted by Crippen LogP contribution is 2.22. The maximum atomic E-state index is 5.05. The van der Waals surface area contributed by atoms with Gasteiger partial charge in [-0.25, -0.2) is 0 Å². The van der Waals surface area contributed by atoms with Crippen LogP contribution in [-0.4, -0.2) is 30.3 Å². The van der Waals surface area contributed by atoms with Gasteiger partial charge in [-0.3, -0.25) is 0 Å². The second-order valence-electron chi connectivity index (χ2n) is 3.50. The van der Waals surface area contributed by atoms with E-state index < -0.39 is 0 Å². The minimum Gasteiger partial charge on any atom is -0.375 e. The molecule has 1 aliphatic rings. The smallest absolute Gasteiger partial charge is 0.252 e. The summed E-state index contributed by atoms with van der Waals surface area (Å²) in [6, 6.07) is 0.